The molecule has 1 unspecified atom stereocenters. The molecule has 0 bridgehead atoms. The first-order valence-corrected chi connectivity index (χ1v) is 16.1. The van der Waals surface area contributed by atoms with Crippen molar-refractivity contribution < 1.29 is 34.1 Å². The molecule has 2 aliphatic heterocycles. The lowest BCUT2D eigenvalue weighted by atomic mass is 9.82. The molecule has 46 heavy (non-hydrogen) atoms. The van der Waals surface area contributed by atoms with Crippen LogP contribution >= 0.6 is 0 Å². The highest BCUT2D eigenvalue weighted by atomic mass is 16.5. The van der Waals surface area contributed by atoms with Gasteiger partial charge in [-0.1, -0.05) is 49.4 Å². The van der Waals surface area contributed by atoms with E-state index in [0.29, 0.717) is 42.9 Å². The molecule has 2 aromatic rings. The van der Waals surface area contributed by atoms with Crippen LogP contribution in [-0.4, -0.2) is 78.7 Å². The Kier molecular flexibility index (Phi) is 12.5. The molecule has 1 fully saturated rings. The number of nitrogens with one attached hydrogen (secondary N) is 2. The van der Waals surface area contributed by atoms with Crippen molar-refractivity contribution in [1.82, 2.24) is 10.2 Å². The van der Waals surface area contributed by atoms with Crippen LogP contribution in [0.1, 0.15) is 56.6 Å². The minimum atomic E-state index is -1.95. The van der Waals surface area contributed by atoms with Gasteiger partial charge in [-0.05, 0) is 56.0 Å². The summed E-state index contributed by atoms with van der Waals surface area (Å²) in [5.41, 5.74) is 0.397. The zero-order valence-electron chi connectivity index (χ0n) is 26.7. The second-order valence-corrected chi connectivity index (χ2v) is 12.0. The Morgan fingerprint density at radius 2 is 1.98 bits per heavy atom. The van der Waals surface area contributed by atoms with E-state index < -0.39 is 17.4 Å². The number of anilines is 2. The van der Waals surface area contributed by atoms with Crippen molar-refractivity contribution >= 4 is 35.1 Å². The maximum Gasteiger partial charge on any atom is 0.305 e. The number of piperidine rings is 1. The third kappa shape index (κ3) is 8.39. The van der Waals surface area contributed by atoms with Gasteiger partial charge in [-0.25, -0.2) is 0 Å². The Morgan fingerprint density at radius 3 is 2.67 bits per heavy atom. The molecule has 3 atom stereocenters. The molecule has 0 saturated carbocycles. The van der Waals surface area contributed by atoms with Crippen molar-refractivity contribution in [2.45, 2.75) is 57.6 Å². The first kappa shape index (κ1) is 34.8. The Morgan fingerprint density at radius 1 is 1.20 bits per heavy atom. The molecule has 4 N–H and O–H groups in total. The average Bonchev–Trinajstić information content (AvgIpc) is 3.29. The third-order valence-corrected chi connectivity index (χ3v) is 8.76. The summed E-state index contributed by atoms with van der Waals surface area (Å²) in [6, 6.07) is 14.6. The van der Waals surface area contributed by atoms with Crippen molar-refractivity contribution in [3.05, 3.63) is 71.8 Å². The molecule has 4 rings (SSSR count). The van der Waals surface area contributed by atoms with Crippen LogP contribution < -0.4 is 15.5 Å². The number of aliphatic hydroxyl groups is 2. The topological polar surface area (TPSA) is 149 Å². The number of nitrogens with zero attached hydrogens (tertiary/aromatic N) is 2. The van der Waals surface area contributed by atoms with Crippen molar-refractivity contribution in [2.24, 2.45) is 11.8 Å². The summed E-state index contributed by atoms with van der Waals surface area (Å²) in [6.07, 6.45) is 6.29. The molecule has 1 saturated heterocycles. The lowest BCUT2D eigenvalue weighted by Crippen LogP contribution is -2.44. The van der Waals surface area contributed by atoms with Gasteiger partial charge >= 0.3 is 5.97 Å². The Labute approximate surface area is 270 Å². The largest absolute Gasteiger partial charge is 0.469 e. The number of esters is 1. The number of rotatable bonds is 15. The van der Waals surface area contributed by atoms with E-state index in [4.69, 9.17) is 4.74 Å². The number of amides is 3. The smallest absolute Gasteiger partial charge is 0.305 e. The molecule has 0 spiro atoms. The number of carbonyl (C=O) groups is 4. The highest BCUT2D eigenvalue weighted by Crippen LogP contribution is 2.46. The number of ether oxygens (including phenoxy) is 1. The predicted octanol–water partition coefficient (Wildman–Crippen LogP) is 3.11. The van der Waals surface area contributed by atoms with Gasteiger partial charge in [-0.3, -0.25) is 19.2 Å². The highest BCUT2D eigenvalue weighted by molar-refractivity contribution is 6.08. The number of unbranched alkanes of at least 4 members (excludes halogenated alkanes) is 1. The maximum atomic E-state index is 13.9. The normalized spacial score (nSPS) is 20.0. The van der Waals surface area contributed by atoms with Gasteiger partial charge < -0.3 is 35.4 Å². The van der Waals surface area contributed by atoms with Crippen LogP contribution in [0.3, 0.4) is 0 Å². The average molecular weight is 635 g/mol. The van der Waals surface area contributed by atoms with Crippen molar-refractivity contribution in [1.29, 1.82) is 0 Å². The summed E-state index contributed by atoms with van der Waals surface area (Å²) < 4.78 is 4.72. The van der Waals surface area contributed by atoms with Crippen molar-refractivity contribution in [2.75, 3.05) is 50.1 Å². The van der Waals surface area contributed by atoms with E-state index in [0.717, 1.165) is 24.9 Å². The fourth-order valence-corrected chi connectivity index (χ4v) is 6.07. The maximum absolute atomic E-state index is 13.9. The van der Waals surface area contributed by atoms with E-state index in [9.17, 15) is 29.4 Å². The lowest BCUT2D eigenvalue weighted by molar-refractivity contribution is -0.140. The number of fused-ring (bicyclic) bond motifs is 1. The second kappa shape index (κ2) is 16.5. The molecule has 0 radical (unpaired) electrons. The molecular weight excluding hydrogens is 588 g/mol. The number of aliphatic hydroxyl groups excluding tert-OH is 1. The summed E-state index contributed by atoms with van der Waals surface area (Å²) in [5.74, 6) is -2.03. The van der Waals surface area contributed by atoms with E-state index in [2.05, 4.69) is 10.6 Å². The Hall–Kier alpha value is -4.06. The zero-order valence-corrected chi connectivity index (χ0v) is 26.7. The molecule has 2 aliphatic rings. The van der Waals surface area contributed by atoms with Gasteiger partial charge in [0.15, 0.2) is 5.60 Å². The van der Waals surface area contributed by atoms with Crippen LogP contribution in [0.2, 0.25) is 0 Å². The SMILES string of the molecule is COC(=O)CCCCN1C(=O)[C@@](O)([C@@H](C)/C=C/CC(=O)N(CCO)Cc2ccccc2)c2cc(NC(=O)C3CCCNC3)ccc21. The standard InChI is InChI=1S/C35H46N4O7/c1-25(10-8-14-31(41)38(20-21-40)24-26-11-4-3-5-12-26)35(45)29-22-28(37-33(43)27-13-9-18-36-23-27)16-17-30(29)39(34(35)44)19-7-6-15-32(42)46-2/h3-5,8,10-12,16-17,22,25,27,36,40,45H,6-7,9,13-15,18-21,23-24H2,1-2H3,(H,37,43)/b10-8+/t25-,27?,35+/m0/s1. The van der Waals surface area contributed by atoms with Crippen LogP contribution in [0.5, 0.6) is 0 Å². The van der Waals surface area contributed by atoms with Gasteiger partial charge in [0.25, 0.3) is 5.91 Å². The minimum absolute atomic E-state index is 0.0249. The minimum Gasteiger partial charge on any atom is -0.469 e. The van der Waals surface area contributed by atoms with Crippen molar-refractivity contribution in [3.63, 3.8) is 0 Å². The molecule has 2 aromatic carbocycles. The first-order chi connectivity index (χ1) is 22.2. The molecule has 248 valence electrons. The Balaban J connectivity index is 1.52. The van der Waals surface area contributed by atoms with E-state index >= 15 is 0 Å². The molecule has 0 aliphatic carbocycles. The monoisotopic (exact) mass is 634 g/mol. The van der Waals surface area contributed by atoms with Crippen molar-refractivity contribution in [3.8, 4) is 0 Å². The predicted molar refractivity (Wildman–Crippen MR) is 175 cm³/mol. The van der Waals surface area contributed by atoms with Gasteiger partial charge in [0.2, 0.25) is 11.8 Å². The zero-order chi connectivity index (χ0) is 33.1. The molecule has 11 heteroatoms. The van der Waals surface area contributed by atoms with Gasteiger partial charge in [0.1, 0.15) is 0 Å². The number of hydrogen-bond donors (Lipinski definition) is 4. The summed E-state index contributed by atoms with van der Waals surface area (Å²) in [6.45, 7) is 3.86. The van der Waals surface area contributed by atoms with Crippen LogP contribution in [-0.2, 0) is 36.1 Å². The van der Waals surface area contributed by atoms with Gasteiger partial charge in [-0.15, -0.1) is 0 Å². The molecule has 3 amide bonds. The number of benzene rings is 2. The fourth-order valence-electron chi connectivity index (χ4n) is 6.07. The van der Waals surface area contributed by atoms with E-state index in [-0.39, 0.29) is 56.2 Å². The second-order valence-electron chi connectivity index (χ2n) is 12.0. The van der Waals surface area contributed by atoms with Gasteiger partial charge in [0, 0.05) is 56.2 Å². The van der Waals surface area contributed by atoms with Gasteiger partial charge in [-0.2, -0.15) is 0 Å². The number of carbonyl (C=O) groups excluding carboxylic acids is 4. The molecule has 2 heterocycles. The number of hydrogen-bond acceptors (Lipinski definition) is 8. The fraction of sp³-hybridized carbons (Fsp3) is 0.486. The molecule has 11 nitrogen and oxygen atoms in total. The first-order valence-electron chi connectivity index (χ1n) is 16.1. The Bertz CT molecular complexity index is 1390. The van der Waals surface area contributed by atoms with Crippen LogP contribution in [0, 0.1) is 11.8 Å². The molecular formula is C35H46N4O7. The van der Waals surface area contributed by atoms with E-state index in [1.165, 1.54) is 12.0 Å². The van der Waals surface area contributed by atoms with Gasteiger partial charge in [0.05, 0.1) is 25.3 Å². The van der Waals surface area contributed by atoms with E-state index in [1.54, 1.807) is 42.2 Å². The van der Waals surface area contributed by atoms with Crippen LogP contribution in [0.4, 0.5) is 11.4 Å². The quantitative estimate of drug-likeness (QED) is 0.133. The van der Waals surface area contributed by atoms with Crippen LogP contribution in [0.15, 0.2) is 60.7 Å². The lowest BCUT2D eigenvalue weighted by Gasteiger charge is -2.28. The summed E-state index contributed by atoms with van der Waals surface area (Å²) in [5, 5.41) is 27.9. The molecule has 0 aromatic heterocycles. The highest BCUT2D eigenvalue weighted by Gasteiger charge is 2.52. The van der Waals surface area contributed by atoms with E-state index in [1.807, 2.05) is 30.3 Å². The summed E-state index contributed by atoms with van der Waals surface area (Å²) in [7, 11) is 1.33. The summed E-state index contributed by atoms with van der Waals surface area (Å²) in [4.78, 5) is 54.7. The van der Waals surface area contributed by atoms with Crippen LogP contribution in [0.25, 0.3) is 0 Å². The third-order valence-electron chi connectivity index (χ3n) is 8.76. The number of methoxy groups -OCH3 is 1. The summed E-state index contributed by atoms with van der Waals surface area (Å²) >= 11 is 0.